The lowest BCUT2D eigenvalue weighted by Gasteiger charge is -2.17. The summed E-state index contributed by atoms with van der Waals surface area (Å²) in [5.74, 6) is 0.270. The van der Waals surface area contributed by atoms with Crippen LogP contribution >= 0.6 is 0 Å². The number of benzene rings is 2. The SMILES string of the molecule is CCOc1ccc(N2C[C@@H](C(=O)Nc3ccc(C)c(C)c3)CC2=O)cc1. The van der Waals surface area contributed by atoms with Crippen LogP contribution in [0.2, 0.25) is 0 Å². The number of amides is 2. The first-order valence-electron chi connectivity index (χ1n) is 8.89. The molecule has 1 saturated heterocycles. The second kappa shape index (κ2) is 7.60. The van der Waals surface area contributed by atoms with Gasteiger partial charge in [-0.2, -0.15) is 0 Å². The average Bonchev–Trinajstić information content (AvgIpc) is 3.01. The maximum Gasteiger partial charge on any atom is 0.229 e. The minimum atomic E-state index is -0.351. The lowest BCUT2D eigenvalue weighted by Crippen LogP contribution is -2.28. The normalized spacial score (nSPS) is 16.7. The fourth-order valence-electron chi connectivity index (χ4n) is 3.09. The van der Waals surface area contributed by atoms with Gasteiger partial charge in [-0.25, -0.2) is 0 Å². The lowest BCUT2D eigenvalue weighted by molar-refractivity contribution is -0.122. The number of carbonyl (C=O) groups excluding carboxylic acids is 2. The molecule has 2 aromatic rings. The van der Waals surface area contributed by atoms with E-state index in [1.807, 2.05) is 63.2 Å². The molecule has 1 aliphatic rings. The van der Waals surface area contributed by atoms with E-state index < -0.39 is 0 Å². The zero-order valence-corrected chi connectivity index (χ0v) is 15.4. The smallest absolute Gasteiger partial charge is 0.229 e. The Morgan fingerprint density at radius 3 is 2.54 bits per heavy atom. The number of hydrogen-bond donors (Lipinski definition) is 1. The number of carbonyl (C=O) groups is 2. The first-order valence-corrected chi connectivity index (χ1v) is 8.89. The summed E-state index contributed by atoms with van der Waals surface area (Å²) in [7, 11) is 0. The molecule has 1 N–H and O–H groups in total. The third kappa shape index (κ3) is 3.87. The van der Waals surface area contributed by atoms with Crippen LogP contribution in [-0.2, 0) is 9.59 Å². The van der Waals surface area contributed by atoms with Gasteiger partial charge in [-0.3, -0.25) is 9.59 Å². The van der Waals surface area contributed by atoms with Gasteiger partial charge in [-0.05, 0) is 68.3 Å². The Kier molecular flexibility index (Phi) is 5.26. The largest absolute Gasteiger partial charge is 0.494 e. The molecule has 0 radical (unpaired) electrons. The van der Waals surface area contributed by atoms with E-state index in [4.69, 9.17) is 4.74 Å². The van der Waals surface area contributed by atoms with Crippen LogP contribution < -0.4 is 15.0 Å². The van der Waals surface area contributed by atoms with Gasteiger partial charge in [0, 0.05) is 24.3 Å². The summed E-state index contributed by atoms with van der Waals surface area (Å²) in [6, 6.07) is 13.2. The highest BCUT2D eigenvalue weighted by atomic mass is 16.5. The third-order valence-corrected chi connectivity index (χ3v) is 4.73. The van der Waals surface area contributed by atoms with Gasteiger partial charge in [-0.1, -0.05) is 6.07 Å². The Hall–Kier alpha value is -2.82. The molecule has 1 fully saturated rings. The number of anilines is 2. The number of nitrogens with zero attached hydrogens (tertiary/aromatic N) is 1. The third-order valence-electron chi connectivity index (χ3n) is 4.73. The Bertz CT molecular complexity index is 815. The van der Waals surface area contributed by atoms with Crippen LogP contribution in [0.25, 0.3) is 0 Å². The summed E-state index contributed by atoms with van der Waals surface area (Å²) in [5, 5.41) is 2.93. The predicted molar refractivity (Wildman–Crippen MR) is 103 cm³/mol. The minimum Gasteiger partial charge on any atom is -0.494 e. The standard InChI is InChI=1S/C21H24N2O3/c1-4-26-19-9-7-18(8-10-19)23-13-16(12-20(23)24)21(25)22-17-6-5-14(2)15(3)11-17/h5-11,16H,4,12-13H2,1-3H3,(H,22,25)/t16-/m0/s1. The van der Waals surface area contributed by atoms with E-state index in [-0.39, 0.29) is 24.2 Å². The number of hydrogen-bond acceptors (Lipinski definition) is 3. The van der Waals surface area contributed by atoms with Crippen LogP contribution in [0.4, 0.5) is 11.4 Å². The van der Waals surface area contributed by atoms with E-state index >= 15 is 0 Å². The van der Waals surface area contributed by atoms with Crippen molar-refractivity contribution in [1.29, 1.82) is 0 Å². The van der Waals surface area contributed by atoms with Crippen molar-refractivity contribution in [3.63, 3.8) is 0 Å². The first-order chi connectivity index (χ1) is 12.5. The van der Waals surface area contributed by atoms with E-state index in [0.717, 1.165) is 22.7 Å². The highest BCUT2D eigenvalue weighted by Crippen LogP contribution is 2.28. The molecular weight excluding hydrogens is 328 g/mol. The van der Waals surface area contributed by atoms with Crippen LogP contribution in [0.1, 0.15) is 24.5 Å². The van der Waals surface area contributed by atoms with Crippen molar-refractivity contribution < 1.29 is 14.3 Å². The van der Waals surface area contributed by atoms with Crippen molar-refractivity contribution in [2.45, 2.75) is 27.2 Å². The molecule has 0 saturated carbocycles. The fourth-order valence-corrected chi connectivity index (χ4v) is 3.09. The number of nitrogens with one attached hydrogen (secondary N) is 1. The van der Waals surface area contributed by atoms with Crippen molar-refractivity contribution >= 4 is 23.2 Å². The quantitative estimate of drug-likeness (QED) is 0.893. The first kappa shape index (κ1) is 18.0. The summed E-state index contributed by atoms with van der Waals surface area (Å²) < 4.78 is 5.43. The second-order valence-corrected chi connectivity index (χ2v) is 6.62. The Balaban J connectivity index is 1.66. The van der Waals surface area contributed by atoms with Crippen LogP contribution in [0, 0.1) is 19.8 Å². The summed E-state index contributed by atoms with van der Waals surface area (Å²) in [4.78, 5) is 26.6. The van der Waals surface area contributed by atoms with Gasteiger partial charge in [-0.15, -0.1) is 0 Å². The van der Waals surface area contributed by atoms with Crippen molar-refractivity contribution in [1.82, 2.24) is 0 Å². The maximum absolute atomic E-state index is 12.6. The summed E-state index contributed by atoms with van der Waals surface area (Å²) >= 11 is 0. The van der Waals surface area contributed by atoms with E-state index in [9.17, 15) is 9.59 Å². The van der Waals surface area contributed by atoms with Gasteiger partial charge in [0.2, 0.25) is 11.8 Å². The topological polar surface area (TPSA) is 58.6 Å². The molecule has 0 bridgehead atoms. The maximum atomic E-state index is 12.6. The molecule has 1 aliphatic heterocycles. The van der Waals surface area contributed by atoms with Crippen molar-refractivity contribution in [2.24, 2.45) is 5.92 Å². The van der Waals surface area contributed by atoms with Gasteiger partial charge in [0.25, 0.3) is 0 Å². The molecule has 5 heteroatoms. The molecule has 0 spiro atoms. The molecule has 3 rings (SSSR count). The van der Waals surface area contributed by atoms with Crippen LogP contribution in [0.15, 0.2) is 42.5 Å². The summed E-state index contributed by atoms with van der Waals surface area (Å²) in [5.41, 5.74) is 3.87. The molecule has 2 aromatic carbocycles. The summed E-state index contributed by atoms with van der Waals surface area (Å²) in [6.45, 7) is 6.96. The highest BCUT2D eigenvalue weighted by molar-refractivity contribution is 6.03. The van der Waals surface area contributed by atoms with Crippen LogP contribution in [-0.4, -0.2) is 25.0 Å². The Labute approximate surface area is 154 Å². The predicted octanol–water partition coefficient (Wildman–Crippen LogP) is 3.69. The van der Waals surface area contributed by atoms with Crippen LogP contribution in [0.5, 0.6) is 5.75 Å². The molecule has 0 unspecified atom stereocenters. The van der Waals surface area contributed by atoms with Gasteiger partial charge in [0.05, 0.1) is 12.5 Å². The Morgan fingerprint density at radius 1 is 1.15 bits per heavy atom. The molecule has 0 aliphatic carbocycles. The molecule has 26 heavy (non-hydrogen) atoms. The van der Waals surface area contributed by atoms with Crippen molar-refractivity contribution in [2.75, 3.05) is 23.4 Å². The van der Waals surface area contributed by atoms with Crippen molar-refractivity contribution in [3.8, 4) is 5.75 Å². The molecule has 0 aromatic heterocycles. The molecule has 1 heterocycles. The fraction of sp³-hybridized carbons (Fsp3) is 0.333. The van der Waals surface area contributed by atoms with Gasteiger partial charge in [0.15, 0.2) is 0 Å². The van der Waals surface area contributed by atoms with E-state index in [2.05, 4.69) is 5.32 Å². The lowest BCUT2D eigenvalue weighted by atomic mass is 10.1. The summed E-state index contributed by atoms with van der Waals surface area (Å²) in [6.07, 6.45) is 0.226. The number of rotatable bonds is 5. The minimum absolute atomic E-state index is 0.0330. The van der Waals surface area contributed by atoms with E-state index in [1.54, 1.807) is 4.90 Å². The van der Waals surface area contributed by atoms with Crippen molar-refractivity contribution in [3.05, 3.63) is 53.6 Å². The zero-order valence-electron chi connectivity index (χ0n) is 15.4. The molecule has 2 amide bonds. The van der Waals surface area contributed by atoms with Gasteiger partial charge < -0.3 is 15.0 Å². The van der Waals surface area contributed by atoms with E-state index in [0.29, 0.717) is 13.2 Å². The number of aryl methyl sites for hydroxylation is 2. The monoisotopic (exact) mass is 352 g/mol. The van der Waals surface area contributed by atoms with Gasteiger partial charge in [0.1, 0.15) is 5.75 Å². The molecular formula is C21H24N2O3. The molecule has 1 atom stereocenters. The average molecular weight is 352 g/mol. The number of ether oxygens (including phenoxy) is 1. The molecule has 5 nitrogen and oxygen atoms in total. The van der Waals surface area contributed by atoms with Gasteiger partial charge >= 0.3 is 0 Å². The van der Waals surface area contributed by atoms with E-state index in [1.165, 1.54) is 5.56 Å². The molecule has 136 valence electrons. The zero-order chi connectivity index (χ0) is 18.7. The second-order valence-electron chi connectivity index (χ2n) is 6.62. The Morgan fingerprint density at radius 2 is 1.88 bits per heavy atom. The van der Waals surface area contributed by atoms with Crippen LogP contribution in [0.3, 0.4) is 0 Å². The highest BCUT2D eigenvalue weighted by Gasteiger charge is 2.35.